The Morgan fingerprint density at radius 2 is 1.85 bits per heavy atom. The normalized spacial score (nSPS) is 11.2. The molecule has 2 N–H and O–H groups in total. The van der Waals surface area contributed by atoms with E-state index in [1.54, 1.807) is 19.2 Å². The van der Waals surface area contributed by atoms with Crippen LogP contribution in [0.25, 0.3) is 28.4 Å². The summed E-state index contributed by atoms with van der Waals surface area (Å²) in [6.07, 6.45) is 4.89. The number of nitrogens with two attached hydrogens (primary N) is 1. The van der Waals surface area contributed by atoms with Gasteiger partial charge < -0.3 is 19.6 Å². The summed E-state index contributed by atoms with van der Waals surface area (Å²) in [4.78, 5) is 12.6. The van der Waals surface area contributed by atoms with E-state index < -0.39 is 0 Å². The molecule has 0 saturated heterocycles. The molecule has 0 fully saturated rings. The predicted octanol–water partition coefficient (Wildman–Crippen LogP) is 3.84. The van der Waals surface area contributed by atoms with E-state index in [9.17, 15) is 4.79 Å². The molecule has 26 heavy (non-hydrogen) atoms. The van der Waals surface area contributed by atoms with Crippen LogP contribution < -0.4 is 20.6 Å². The van der Waals surface area contributed by atoms with Crippen molar-refractivity contribution in [1.29, 1.82) is 0 Å². The van der Waals surface area contributed by atoms with Crippen molar-refractivity contribution in [3.05, 3.63) is 64.3 Å². The highest BCUT2D eigenvalue weighted by molar-refractivity contribution is 5.86. The fraction of sp³-hybridized carbons (Fsp3) is 0.190. The third kappa shape index (κ3) is 3.63. The Bertz CT molecular complexity index is 987. The molecule has 0 bridgehead atoms. The van der Waals surface area contributed by atoms with E-state index in [1.807, 2.05) is 36.4 Å². The van der Waals surface area contributed by atoms with Gasteiger partial charge in [0, 0.05) is 23.8 Å². The maximum atomic E-state index is 12.6. The van der Waals surface area contributed by atoms with E-state index in [0.717, 1.165) is 17.5 Å². The highest BCUT2D eigenvalue weighted by Crippen LogP contribution is 2.31. The molecule has 0 aliphatic rings. The second-order valence-electron chi connectivity index (χ2n) is 5.78. The molecule has 5 nitrogen and oxygen atoms in total. The first kappa shape index (κ1) is 17.8. The molecule has 0 amide bonds. The fourth-order valence-electron chi connectivity index (χ4n) is 2.72. The van der Waals surface area contributed by atoms with Crippen LogP contribution in [0.1, 0.15) is 12.0 Å². The zero-order valence-electron chi connectivity index (χ0n) is 14.8. The predicted molar refractivity (Wildman–Crippen MR) is 104 cm³/mol. The number of fused-ring (bicyclic) bond motifs is 1. The summed E-state index contributed by atoms with van der Waals surface area (Å²) in [6.45, 7) is 0.629. The van der Waals surface area contributed by atoms with Crippen molar-refractivity contribution in [2.75, 3.05) is 20.8 Å². The molecule has 0 unspecified atom stereocenters. The zero-order chi connectivity index (χ0) is 18.5. The Hall–Kier alpha value is -3.05. The summed E-state index contributed by atoms with van der Waals surface area (Å²) >= 11 is 0. The summed E-state index contributed by atoms with van der Waals surface area (Å²) in [5.41, 5.74) is 7.63. The number of ether oxygens (including phenoxy) is 2. The number of methoxy groups -OCH3 is 2. The van der Waals surface area contributed by atoms with Gasteiger partial charge in [-0.05, 0) is 18.5 Å². The topological polar surface area (TPSA) is 74.7 Å². The van der Waals surface area contributed by atoms with Crippen molar-refractivity contribution < 1.29 is 13.9 Å². The second kappa shape index (κ2) is 7.89. The molecule has 0 aliphatic carbocycles. The lowest BCUT2D eigenvalue weighted by Crippen LogP contribution is -2.03. The smallest absolute Gasteiger partial charge is 0.197 e. The van der Waals surface area contributed by atoms with Gasteiger partial charge in [0.05, 0.1) is 14.2 Å². The van der Waals surface area contributed by atoms with Crippen molar-refractivity contribution in [3.63, 3.8) is 0 Å². The van der Waals surface area contributed by atoms with Crippen LogP contribution >= 0.6 is 0 Å². The summed E-state index contributed by atoms with van der Waals surface area (Å²) in [5, 5.41) is 0.401. The van der Waals surface area contributed by atoms with Gasteiger partial charge in [-0.15, -0.1) is 0 Å². The van der Waals surface area contributed by atoms with Crippen LogP contribution in [0.3, 0.4) is 0 Å². The minimum Gasteiger partial charge on any atom is -0.496 e. The Kier molecular flexibility index (Phi) is 5.39. The van der Waals surface area contributed by atoms with Gasteiger partial charge in [0.15, 0.2) is 5.43 Å². The Morgan fingerprint density at radius 1 is 1.08 bits per heavy atom. The van der Waals surface area contributed by atoms with E-state index >= 15 is 0 Å². The molecule has 3 aromatic rings. The number of hydrogen-bond acceptors (Lipinski definition) is 5. The third-order valence-electron chi connectivity index (χ3n) is 4.06. The van der Waals surface area contributed by atoms with Crippen molar-refractivity contribution in [2.45, 2.75) is 6.42 Å². The van der Waals surface area contributed by atoms with E-state index in [1.165, 1.54) is 13.2 Å². The maximum Gasteiger partial charge on any atom is 0.197 e. The van der Waals surface area contributed by atoms with Crippen molar-refractivity contribution >= 4 is 17.0 Å². The van der Waals surface area contributed by atoms with Crippen LogP contribution in [0.5, 0.6) is 11.5 Å². The van der Waals surface area contributed by atoms with Gasteiger partial charge in [0.25, 0.3) is 0 Å². The van der Waals surface area contributed by atoms with Crippen LogP contribution in [0, 0.1) is 0 Å². The minimum atomic E-state index is -0.160. The average molecular weight is 351 g/mol. The monoisotopic (exact) mass is 351 g/mol. The van der Waals surface area contributed by atoms with Crippen LogP contribution in [0.15, 0.2) is 57.8 Å². The third-order valence-corrected chi connectivity index (χ3v) is 4.06. The van der Waals surface area contributed by atoms with Crippen molar-refractivity contribution in [1.82, 2.24) is 0 Å². The van der Waals surface area contributed by atoms with Gasteiger partial charge in [-0.2, -0.15) is 0 Å². The maximum absolute atomic E-state index is 12.6. The number of rotatable bonds is 6. The molecule has 2 aromatic carbocycles. The lowest BCUT2D eigenvalue weighted by atomic mass is 10.1. The molecular formula is C21H21NO4. The molecule has 0 saturated carbocycles. The Morgan fingerprint density at radius 3 is 2.50 bits per heavy atom. The number of hydrogen-bond donors (Lipinski definition) is 1. The molecule has 0 aliphatic heterocycles. The van der Waals surface area contributed by atoms with Crippen LogP contribution in [-0.2, 0) is 0 Å². The van der Waals surface area contributed by atoms with Gasteiger partial charge in [-0.25, -0.2) is 0 Å². The van der Waals surface area contributed by atoms with Crippen LogP contribution in [-0.4, -0.2) is 20.8 Å². The van der Waals surface area contributed by atoms with E-state index in [0.29, 0.717) is 34.8 Å². The van der Waals surface area contributed by atoms with E-state index in [2.05, 4.69) is 0 Å². The van der Waals surface area contributed by atoms with Crippen molar-refractivity contribution in [3.8, 4) is 22.8 Å². The molecule has 1 aromatic heterocycles. The molecule has 0 atom stereocenters. The first-order valence-electron chi connectivity index (χ1n) is 8.33. The second-order valence-corrected chi connectivity index (χ2v) is 5.78. The first-order valence-corrected chi connectivity index (χ1v) is 8.33. The highest BCUT2D eigenvalue weighted by Gasteiger charge is 2.13. The average Bonchev–Trinajstić information content (AvgIpc) is 2.67. The molecule has 3 rings (SSSR count). The van der Waals surface area contributed by atoms with Gasteiger partial charge in [0.2, 0.25) is 0 Å². The van der Waals surface area contributed by atoms with Gasteiger partial charge in [-0.1, -0.05) is 36.4 Å². The molecule has 1 heterocycles. The van der Waals surface area contributed by atoms with Crippen molar-refractivity contribution in [2.24, 2.45) is 5.73 Å². The molecule has 0 radical (unpaired) electrons. The highest BCUT2D eigenvalue weighted by atomic mass is 16.5. The largest absolute Gasteiger partial charge is 0.496 e. The summed E-state index contributed by atoms with van der Waals surface area (Å²) in [5.74, 6) is 1.49. The van der Waals surface area contributed by atoms with E-state index in [-0.39, 0.29) is 5.43 Å². The quantitative estimate of drug-likeness (QED) is 0.730. The summed E-state index contributed by atoms with van der Waals surface area (Å²) in [6, 6.07) is 12.6. The summed E-state index contributed by atoms with van der Waals surface area (Å²) < 4.78 is 16.5. The SMILES string of the molecule is COc1cc(OC)c2c(=O)cc(-c3ccc(/C=C/CCN)cc3)oc2c1. The van der Waals surface area contributed by atoms with Gasteiger partial charge >= 0.3 is 0 Å². The lowest BCUT2D eigenvalue weighted by molar-refractivity contribution is 0.396. The van der Waals surface area contributed by atoms with Crippen LogP contribution in [0.4, 0.5) is 0 Å². The van der Waals surface area contributed by atoms with Crippen LogP contribution in [0.2, 0.25) is 0 Å². The molecule has 0 spiro atoms. The van der Waals surface area contributed by atoms with Gasteiger partial charge in [-0.3, -0.25) is 4.79 Å². The lowest BCUT2D eigenvalue weighted by Gasteiger charge is -2.09. The Labute approximate surface area is 151 Å². The Balaban J connectivity index is 2.04. The molecule has 134 valence electrons. The summed E-state index contributed by atoms with van der Waals surface area (Å²) in [7, 11) is 3.07. The van der Waals surface area contributed by atoms with E-state index in [4.69, 9.17) is 19.6 Å². The number of benzene rings is 2. The first-order chi connectivity index (χ1) is 12.7. The zero-order valence-corrected chi connectivity index (χ0v) is 14.8. The minimum absolute atomic E-state index is 0.160. The standard InChI is InChI=1S/C21H21NO4/c1-24-16-11-19(25-2)21-17(23)13-18(26-20(21)12-16)15-8-6-14(7-9-15)5-3-4-10-22/h3,5-9,11-13H,4,10,22H2,1-2H3/b5-3+. The molecule has 5 heteroatoms. The molecular weight excluding hydrogens is 330 g/mol. The van der Waals surface area contributed by atoms with Gasteiger partial charge in [0.1, 0.15) is 28.2 Å². The fourth-order valence-corrected chi connectivity index (χ4v) is 2.72.